The summed E-state index contributed by atoms with van der Waals surface area (Å²) in [5.74, 6) is -2.95. The molecule has 0 spiro atoms. The Labute approximate surface area is 126 Å². The molecular formula is C18H26F2O. The second-order valence-electron chi connectivity index (χ2n) is 6.17. The van der Waals surface area contributed by atoms with Gasteiger partial charge in [-0.2, -0.15) is 0 Å². The Morgan fingerprint density at radius 3 is 2.38 bits per heavy atom. The van der Waals surface area contributed by atoms with Gasteiger partial charge in [-0.1, -0.05) is 56.9 Å². The number of alkyl halides is 2. The molecule has 118 valence electrons. The van der Waals surface area contributed by atoms with Crippen LogP contribution in [0.3, 0.4) is 0 Å². The molecule has 0 heterocycles. The molecule has 0 N–H and O–H groups in total. The highest BCUT2D eigenvalue weighted by Crippen LogP contribution is 2.56. The van der Waals surface area contributed by atoms with E-state index in [0.717, 1.165) is 38.2 Å². The lowest BCUT2D eigenvalue weighted by Gasteiger charge is -2.52. The molecule has 0 bridgehead atoms. The van der Waals surface area contributed by atoms with E-state index >= 15 is 0 Å². The molecule has 0 amide bonds. The largest absolute Gasteiger partial charge is 0.374 e. The second kappa shape index (κ2) is 6.43. The first-order valence-electron chi connectivity index (χ1n) is 8.06. The van der Waals surface area contributed by atoms with Crippen molar-refractivity contribution in [2.24, 2.45) is 5.41 Å². The van der Waals surface area contributed by atoms with Crippen molar-refractivity contribution >= 4 is 0 Å². The predicted molar refractivity (Wildman–Crippen MR) is 82.5 cm³/mol. The first-order valence-corrected chi connectivity index (χ1v) is 8.06. The highest BCUT2D eigenvalue weighted by atomic mass is 19.3. The quantitative estimate of drug-likeness (QED) is 0.468. The highest BCUT2D eigenvalue weighted by molar-refractivity contribution is 5.34. The number of halogens is 2. The van der Waals surface area contributed by atoms with Crippen LogP contribution in [0.15, 0.2) is 37.0 Å². The van der Waals surface area contributed by atoms with Gasteiger partial charge in [-0.15, -0.1) is 6.58 Å². The Morgan fingerprint density at radius 2 is 1.81 bits per heavy atom. The molecule has 21 heavy (non-hydrogen) atoms. The average Bonchev–Trinajstić information content (AvgIpc) is 2.48. The van der Waals surface area contributed by atoms with Crippen molar-refractivity contribution in [1.82, 2.24) is 0 Å². The first-order chi connectivity index (χ1) is 10.0. The third-order valence-corrected chi connectivity index (χ3v) is 4.94. The van der Waals surface area contributed by atoms with Gasteiger partial charge in [0, 0.05) is 6.61 Å². The van der Waals surface area contributed by atoms with Crippen LogP contribution in [0.1, 0.15) is 51.9 Å². The van der Waals surface area contributed by atoms with Crippen LogP contribution in [0.4, 0.5) is 8.78 Å². The number of hydrogen-bond donors (Lipinski definition) is 0. The topological polar surface area (TPSA) is 9.23 Å². The Kier molecular flexibility index (Phi) is 5.03. The molecule has 0 aliphatic heterocycles. The molecular weight excluding hydrogens is 270 g/mol. The minimum absolute atomic E-state index is 0.541. The molecule has 1 nitrogen and oxygen atoms in total. The summed E-state index contributed by atoms with van der Waals surface area (Å²) in [5.41, 5.74) is -2.25. The van der Waals surface area contributed by atoms with E-state index < -0.39 is 16.9 Å². The maximum atomic E-state index is 14.8. The Hall–Kier alpha value is -0.960. The lowest BCUT2D eigenvalue weighted by Crippen LogP contribution is -2.58. The third-order valence-electron chi connectivity index (χ3n) is 4.94. The summed E-state index contributed by atoms with van der Waals surface area (Å²) in [5, 5.41) is 0. The molecule has 0 radical (unpaired) electrons. The van der Waals surface area contributed by atoms with Crippen molar-refractivity contribution in [3.8, 4) is 0 Å². The summed E-state index contributed by atoms with van der Waals surface area (Å²) in [6.07, 6.45) is 13.4. The number of unbranched alkanes of at least 4 members (excludes halogenated alkanes) is 1. The molecule has 0 saturated heterocycles. The van der Waals surface area contributed by atoms with E-state index in [4.69, 9.17) is 4.74 Å². The van der Waals surface area contributed by atoms with Gasteiger partial charge in [0.1, 0.15) is 5.41 Å². The van der Waals surface area contributed by atoms with Crippen LogP contribution in [0, 0.1) is 5.41 Å². The number of rotatable bonds is 6. The lowest BCUT2D eigenvalue weighted by molar-refractivity contribution is -0.190. The van der Waals surface area contributed by atoms with Gasteiger partial charge in [-0.05, 0) is 25.3 Å². The van der Waals surface area contributed by atoms with E-state index in [1.54, 1.807) is 12.2 Å². The maximum Gasteiger partial charge on any atom is 0.281 e. The molecule has 2 rings (SSSR count). The van der Waals surface area contributed by atoms with Crippen molar-refractivity contribution in [3.63, 3.8) is 0 Å². The van der Waals surface area contributed by atoms with E-state index in [2.05, 4.69) is 13.5 Å². The molecule has 0 aromatic carbocycles. The Balaban J connectivity index is 2.39. The molecule has 0 aromatic rings. The summed E-state index contributed by atoms with van der Waals surface area (Å²) in [7, 11) is 0. The van der Waals surface area contributed by atoms with Gasteiger partial charge >= 0.3 is 0 Å². The van der Waals surface area contributed by atoms with Crippen LogP contribution in [0.25, 0.3) is 0 Å². The van der Waals surface area contributed by atoms with Crippen LogP contribution < -0.4 is 0 Å². The fraction of sp³-hybridized carbons (Fsp3) is 0.667. The van der Waals surface area contributed by atoms with E-state index in [9.17, 15) is 8.78 Å². The normalized spacial score (nSPS) is 30.2. The molecule has 2 aliphatic carbocycles. The van der Waals surface area contributed by atoms with Gasteiger partial charge in [0.25, 0.3) is 5.92 Å². The number of allylic oxidation sites excluding steroid dienone is 3. The summed E-state index contributed by atoms with van der Waals surface area (Å²) < 4.78 is 35.7. The van der Waals surface area contributed by atoms with Crippen molar-refractivity contribution in [3.05, 3.63) is 37.0 Å². The highest BCUT2D eigenvalue weighted by Gasteiger charge is 2.62. The third kappa shape index (κ3) is 2.73. The van der Waals surface area contributed by atoms with Crippen LogP contribution in [-0.2, 0) is 4.74 Å². The first kappa shape index (κ1) is 16.4. The van der Waals surface area contributed by atoms with Crippen LogP contribution in [-0.4, -0.2) is 18.1 Å². The predicted octanol–water partition coefficient (Wildman–Crippen LogP) is 5.44. The van der Waals surface area contributed by atoms with Crippen LogP contribution in [0.2, 0.25) is 0 Å². The number of ether oxygens (including phenoxy) is 1. The molecule has 1 saturated carbocycles. The van der Waals surface area contributed by atoms with Crippen LogP contribution >= 0.6 is 0 Å². The summed E-state index contributed by atoms with van der Waals surface area (Å²) in [6.45, 7) is 6.38. The Morgan fingerprint density at radius 1 is 1.14 bits per heavy atom. The van der Waals surface area contributed by atoms with E-state index in [1.807, 2.05) is 0 Å². The average molecular weight is 296 g/mol. The minimum Gasteiger partial charge on any atom is -0.374 e. The maximum absolute atomic E-state index is 14.8. The van der Waals surface area contributed by atoms with Gasteiger partial charge in [0.15, 0.2) is 0 Å². The Bertz CT molecular complexity index is 419. The summed E-state index contributed by atoms with van der Waals surface area (Å²) in [6, 6.07) is 0. The standard InChI is InChI=1S/C18H26F2O/c1-3-5-15-21-17(12-7-6-8-13-17)16(4-2)11-9-10-14-18(16,19)20/h4,9-11,14H,2-3,5-8,12-13,15H2,1H3. The summed E-state index contributed by atoms with van der Waals surface area (Å²) >= 11 is 0. The molecule has 1 unspecified atom stereocenters. The van der Waals surface area contributed by atoms with Gasteiger partial charge in [0.05, 0.1) is 5.60 Å². The molecule has 0 aromatic heterocycles. The van der Waals surface area contributed by atoms with Crippen molar-refractivity contribution in [1.29, 1.82) is 0 Å². The van der Waals surface area contributed by atoms with Crippen molar-refractivity contribution in [2.45, 2.75) is 63.4 Å². The van der Waals surface area contributed by atoms with Crippen molar-refractivity contribution in [2.75, 3.05) is 6.61 Å². The molecule has 2 aliphatic rings. The zero-order valence-electron chi connectivity index (χ0n) is 12.9. The second-order valence-corrected chi connectivity index (χ2v) is 6.17. The molecule has 3 heteroatoms. The van der Waals surface area contributed by atoms with Gasteiger partial charge < -0.3 is 4.74 Å². The fourth-order valence-electron chi connectivity index (χ4n) is 3.69. The van der Waals surface area contributed by atoms with E-state index in [1.165, 1.54) is 12.2 Å². The van der Waals surface area contributed by atoms with E-state index in [-0.39, 0.29) is 0 Å². The van der Waals surface area contributed by atoms with Gasteiger partial charge in [0.2, 0.25) is 0 Å². The SMILES string of the molecule is C=CC1(C2(OCCCC)CCCCC2)C=CC=CC1(F)F. The monoisotopic (exact) mass is 296 g/mol. The zero-order valence-corrected chi connectivity index (χ0v) is 12.9. The van der Waals surface area contributed by atoms with E-state index in [0.29, 0.717) is 19.4 Å². The zero-order chi connectivity index (χ0) is 15.4. The summed E-state index contributed by atoms with van der Waals surface area (Å²) in [4.78, 5) is 0. The minimum atomic E-state index is -2.95. The smallest absolute Gasteiger partial charge is 0.281 e. The van der Waals surface area contributed by atoms with Gasteiger partial charge in [-0.3, -0.25) is 0 Å². The lowest BCUT2D eigenvalue weighted by atomic mass is 9.60. The van der Waals surface area contributed by atoms with Crippen LogP contribution in [0.5, 0.6) is 0 Å². The fourth-order valence-corrected chi connectivity index (χ4v) is 3.69. The molecule has 1 atom stereocenters. The number of hydrogen-bond acceptors (Lipinski definition) is 1. The molecule has 1 fully saturated rings. The van der Waals surface area contributed by atoms with Gasteiger partial charge in [-0.25, -0.2) is 8.78 Å². The van der Waals surface area contributed by atoms with Crippen molar-refractivity contribution < 1.29 is 13.5 Å².